The normalized spacial score (nSPS) is 12.8. The minimum atomic E-state index is -0.671. The Balaban J connectivity index is 2.28. The summed E-state index contributed by atoms with van der Waals surface area (Å²) in [6.45, 7) is 1.70. The Hall–Kier alpha value is -0.690. The highest BCUT2D eigenvalue weighted by atomic mass is 35.5. The Labute approximate surface area is 124 Å². The average Bonchev–Trinajstić information content (AvgIpc) is 2.41. The van der Waals surface area contributed by atoms with Crippen molar-refractivity contribution in [3.63, 3.8) is 0 Å². The number of ether oxygens (including phenoxy) is 1. The summed E-state index contributed by atoms with van der Waals surface area (Å²) in [5.74, 6) is 0. The van der Waals surface area contributed by atoms with Crippen molar-refractivity contribution < 1.29 is 20.1 Å². The van der Waals surface area contributed by atoms with Crippen LogP contribution in [0.3, 0.4) is 0 Å². The standard InChI is InChI=1S/C14H22ClNO4/c15-14-4-2-1-3-12(14)10-20-11-13(19)9-16(5-7-17)6-8-18/h1-4,13,17-19H,5-11H2/t13-/m0/s1. The Morgan fingerprint density at radius 2 is 1.80 bits per heavy atom. The van der Waals surface area contributed by atoms with Gasteiger partial charge in [0.2, 0.25) is 0 Å². The first-order valence-electron chi connectivity index (χ1n) is 6.60. The molecular formula is C14H22ClNO4. The Bertz CT molecular complexity index is 372. The monoisotopic (exact) mass is 303 g/mol. The SMILES string of the molecule is OCCN(CCO)C[C@H](O)COCc1ccccc1Cl. The highest BCUT2D eigenvalue weighted by Gasteiger charge is 2.11. The van der Waals surface area contributed by atoms with Crippen molar-refractivity contribution in [1.29, 1.82) is 0 Å². The van der Waals surface area contributed by atoms with Crippen LogP contribution in [-0.4, -0.2) is 65.8 Å². The summed E-state index contributed by atoms with van der Waals surface area (Å²) >= 11 is 6.00. The first-order valence-corrected chi connectivity index (χ1v) is 6.98. The molecule has 1 rings (SSSR count). The number of rotatable bonds is 10. The lowest BCUT2D eigenvalue weighted by atomic mass is 10.2. The average molecular weight is 304 g/mol. The van der Waals surface area contributed by atoms with Crippen LogP contribution in [0.4, 0.5) is 0 Å². The summed E-state index contributed by atoms with van der Waals surface area (Å²) in [5, 5.41) is 28.3. The van der Waals surface area contributed by atoms with Gasteiger partial charge in [-0.2, -0.15) is 0 Å². The van der Waals surface area contributed by atoms with Crippen LogP contribution in [-0.2, 0) is 11.3 Å². The van der Waals surface area contributed by atoms with Gasteiger partial charge in [-0.15, -0.1) is 0 Å². The summed E-state index contributed by atoms with van der Waals surface area (Å²) in [6, 6.07) is 7.40. The van der Waals surface area contributed by atoms with Crippen LogP contribution < -0.4 is 0 Å². The Morgan fingerprint density at radius 1 is 1.15 bits per heavy atom. The molecule has 6 heteroatoms. The van der Waals surface area contributed by atoms with Crippen LogP contribution in [0.2, 0.25) is 5.02 Å². The molecule has 5 nitrogen and oxygen atoms in total. The number of nitrogens with zero attached hydrogens (tertiary/aromatic N) is 1. The lowest BCUT2D eigenvalue weighted by Crippen LogP contribution is -2.38. The van der Waals surface area contributed by atoms with Crippen molar-refractivity contribution in [3.8, 4) is 0 Å². The molecule has 1 atom stereocenters. The van der Waals surface area contributed by atoms with E-state index in [9.17, 15) is 5.11 Å². The van der Waals surface area contributed by atoms with Gasteiger partial charge in [0.15, 0.2) is 0 Å². The molecule has 0 saturated heterocycles. The van der Waals surface area contributed by atoms with E-state index in [1.165, 1.54) is 0 Å². The maximum atomic E-state index is 9.86. The Morgan fingerprint density at radius 3 is 2.40 bits per heavy atom. The first-order chi connectivity index (χ1) is 9.67. The molecule has 1 aromatic rings. The van der Waals surface area contributed by atoms with Crippen LogP contribution in [0.25, 0.3) is 0 Å². The summed E-state index contributed by atoms with van der Waals surface area (Å²) in [4.78, 5) is 1.78. The fourth-order valence-electron chi connectivity index (χ4n) is 1.85. The van der Waals surface area contributed by atoms with Gasteiger partial charge >= 0.3 is 0 Å². The lowest BCUT2D eigenvalue weighted by Gasteiger charge is -2.23. The van der Waals surface area contributed by atoms with E-state index in [0.717, 1.165) is 5.56 Å². The van der Waals surface area contributed by atoms with Gasteiger partial charge in [0.25, 0.3) is 0 Å². The number of hydrogen-bond acceptors (Lipinski definition) is 5. The van der Waals surface area contributed by atoms with Gasteiger partial charge in [-0.25, -0.2) is 0 Å². The molecule has 0 bridgehead atoms. The molecule has 0 fully saturated rings. The van der Waals surface area contributed by atoms with Gasteiger partial charge in [-0.1, -0.05) is 29.8 Å². The second-order valence-electron chi connectivity index (χ2n) is 4.51. The highest BCUT2D eigenvalue weighted by Crippen LogP contribution is 2.15. The summed E-state index contributed by atoms with van der Waals surface area (Å²) < 4.78 is 5.43. The molecule has 0 amide bonds. The van der Waals surface area contributed by atoms with Crippen LogP contribution >= 0.6 is 11.6 Å². The van der Waals surface area contributed by atoms with Crippen molar-refractivity contribution >= 4 is 11.6 Å². The summed E-state index contributed by atoms with van der Waals surface area (Å²) in [7, 11) is 0. The van der Waals surface area contributed by atoms with E-state index in [4.69, 9.17) is 26.6 Å². The second-order valence-corrected chi connectivity index (χ2v) is 4.92. The number of hydrogen-bond donors (Lipinski definition) is 3. The molecule has 20 heavy (non-hydrogen) atoms. The van der Waals surface area contributed by atoms with E-state index in [1.807, 2.05) is 18.2 Å². The number of halogens is 1. The van der Waals surface area contributed by atoms with E-state index in [0.29, 0.717) is 31.3 Å². The largest absolute Gasteiger partial charge is 0.395 e. The molecule has 0 saturated carbocycles. The molecule has 0 unspecified atom stereocenters. The molecule has 0 aliphatic heterocycles. The third kappa shape index (κ3) is 6.65. The lowest BCUT2D eigenvalue weighted by molar-refractivity contribution is 0.00525. The Kier molecular flexibility index (Phi) is 8.77. The minimum absolute atomic E-state index is 0.00675. The topological polar surface area (TPSA) is 73.2 Å². The number of aliphatic hydroxyl groups is 3. The molecule has 114 valence electrons. The minimum Gasteiger partial charge on any atom is -0.395 e. The summed E-state index contributed by atoms with van der Waals surface area (Å²) in [6.07, 6.45) is -0.671. The molecule has 0 radical (unpaired) electrons. The molecule has 1 aromatic carbocycles. The van der Waals surface area contributed by atoms with Gasteiger partial charge < -0.3 is 20.1 Å². The van der Waals surface area contributed by atoms with Gasteiger partial charge in [-0.3, -0.25) is 4.90 Å². The van der Waals surface area contributed by atoms with E-state index >= 15 is 0 Å². The molecule has 3 N–H and O–H groups in total. The maximum absolute atomic E-state index is 9.86. The quantitative estimate of drug-likeness (QED) is 0.587. The molecule has 0 aromatic heterocycles. The van der Waals surface area contributed by atoms with Gasteiger partial charge in [0, 0.05) is 24.7 Å². The zero-order valence-corrected chi connectivity index (χ0v) is 12.2. The van der Waals surface area contributed by atoms with E-state index in [-0.39, 0.29) is 19.8 Å². The van der Waals surface area contributed by atoms with Gasteiger partial charge in [0.1, 0.15) is 0 Å². The van der Waals surface area contributed by atoms with E-state index in [1.54, 1.807) is 11.0 Å². The maximum Gasteiger partial charge on any atom is 0.0900 e. The van der Waals surface area contributed by atoms with Crippen LogP contribution in [0.5, 0.6) is 0 Å². The van der Waals surface area contributed by atoms with Crippen molar-refractivity contribution in [2.75, 3.05) is 39.5 Å². The second kappa shape index (κ2) is 10.1. The van der Waals surface area contributed by atoms with Crippen molar-refractivity contribution in [2.45, 2.75) is 12.7 Å². The van der Waals surface area contributed by atoms with E-state index in [2.05, 4.69) is 0 Å². The molecule has 0 spiro atoms. The third-order valence-corrected chi connectivity index (χ3v) is 3.20. The van der Waals surface area contributed by atoms with Crippen LogP contribution in [0.15, 0.2) is 24.3 Å². The smallest absolute Gasteiger partial charge is 0.0900 e. The zero-order valence-electron chi connectivity index (χ0n) is 11.4. The van der Waals surface area contributed by atoms with Crippen LogP contribution in [0.1, 0.15) is 5.56 Å². The van der Waals surface area contributed by atoms with Gasteiger partial charge in [0.05, 0.1) is 32.5 Å². The summed E-state index contributed by atoms with van der Waals surface area (Å²) in [5.41, 5.74) is 0.879. The van der Waals surface area contributed by atoms with Crippen molar-refractivity contribution in [2.24, 2.45) is 0 Å². The zero-order chi connectivity index (χ0) is 14.8. The highest BCUT2D eigenvalue weighted by molar-refractivity contribution is 6.31. The molecule has 0 aliphatic carbocycles. The van der Waals surface area contributed by atoms with Gasteiger partial charge in [-0.05, 0) is 11.6 Å². The molecule has 0 heterocycles. The fraction of sp³-hybridized carbons (Fsp3) is 0.571. The molecular weight excluding hydrogens is 282 g/mol. The van der Waals surface area contributed by atoms with Crippen molar-refractivity contribution in [1.82, 2.24) is 4.90 Å². The predicted molar refractivity (Wildman–Crippen MR) is 77.7 cm³/mol. The predicted octanol–water partition coefficient (Wildman–Crippen LogP) is 0.504. The molecule has 0 aliphatic rings. The fourth-order valence-corrected chi connectivity index (χ4v) is 2.04. The first kappa shape index (κ1) is 17.4. The number of benzene rings is 1. The van der Waals surface area contributed by atoms with Crippen molar-refractivity contribution in [3.05, 3.63) is 34.9 Å². The van der Waals surface area contributed by atoms with Crippen LogP contribution in [0, 0.1) is 0 Å². The van der Waals surface area contributed by atoms with E-state index < -0.39 is 6.10 Å². The number of aliphatic hydroxyl groups excluding tert-OH is 3. The third-order valence-electron chi connectivity index (χ3n) is 2.83.